The molecule has 0 atom stereocenters. The summed E-state index contributed by atoms with van der Waals surface area (Å²) in [6, 6.07) is 10.7. The van der Waals surface area contributed by atoms with Crippen LogP contribution in [0.2, 0.25) is 5.02 Å². The molecule has 2 heterocycles. The minimum Gasteiger partial charge on any atom is -0.380 e. The molecule has 1 aromatic carbocycles. The monoisotopic (exact) mass is 319 g/mol. The first-order chi connectivity index (χ1) is 10.3. The van der Waals surface area contributed by atoms with Gasteiger partial charge >= 0.3 is 0 Å². The molecule has 1 aliphatic heterocycles. The number of hydrogen-bond acceptors (Lipinski definition) is 4. The van der Waals surface area contributed by atoms with E-state index in [4.69, 9.17) is 11.6 Å². The fraction of sp³-hybridized carbons (Fsp3) is 0.312. The average molecular weight is 320 g/mol. The van der Waals surface area contributed by atoms with Crippen molar-refractivity contribution in [3.05, 3.63) is 53.3 Å². The summed E-state index contributed by atoms with van der Waals surface area (Å²) in [5.41, 5.74) is 3.49. The summed E-state index contributed by atoms with van der Waals surface area (Å²) < 4.78 is 0. The molecule has 2 aromatic rings. The van der Waals surface area contributed by atoms with Crippen LogP contribution in [0.5, 0.6) is 0 Å². The first-order valence-corrected chi connectivity index (χ1v) is 8.61. The number of anilines is 2. The first-order valence-electron chi connectivity index (χ1n) is 7.08. The number of aromatic nitrogens is 1. The van der Waals surface area contributed by atoms with Crippen LogP contribution in [0.4, 0.5) is 11.4 Å². The first kappa shape index (κ1) is 14.5. The van der Waals surface area contributed by atoms with Gasteiger partial charge in [-0.15, -0.1) is 0 Å². The normalized spacial score (nSPS) is 15.0. The Kier molecular flexibility index (Phi) is 4.88. The van der Waals surface area contributed by atoms with Crippen LogP contribution in [0.15, 0.2) is 42.7 Å². The maximum Gasteiger partial charge on any atom is 0.0820 e. The Hall–Kier alpha value is -1.39. The fourth-order valence-electron chi connectivity index (χ4n) is 2.36. The zero-order valence-corrected chi connectivity index (χ0v) is 13.3. The Bertz CT molecular complexity index is 582. The van der Waals surface area contributed by atoms with Crippen LogP contribution >= 0.6 is 23.4 Å². The van der Waals surface area contributed by atoms with E-state index in [2.05, 4.69) is 39.5 Å². The van der Waals surface area contributed by atoms with Crippen molar-refractivity contribution < 1.29 is 0 Å². The minimum absolute atomic E-state index is 0.653. The Morgan fingerprint density at radius 2 is 1.90 bits per heavy atom. The van der Waals surface area contributed by atoms with Gasteiger partial charge in [0.25, 0.3) is 0 Å². The van der Waals surface area contributed by atoms with Gasteiger partial charge in [0.1, 0.15) is 0 Å². The largest absolute Gasteiger partial charge is 0.380 e. The molecule has 1 aromatic heterocycles. The van der Waals surface area contributed by atoms with Crippen molar-refractivity contribution in [1.29, 1.82) is 0 Å². The number of benzene rings is 1. The van der Waals surface area contributed by atoms with Crippen molar-refractivity contribution >= 4 is 34.7 Å². The van der Waals surface area contributed by atoms with Crippen LogP contribution in [0.25, 0.3) is 0 Å². The lowest BCUT2D eigenvalue weighted by Gasteiger charge is -2.28. The second kappa shape index (κ2) is 7.05. The molecule has 0 unspecified atom stereocenters. The van der Waals surface area contributed by atoms with Gasteiger partial charge in [-0.1, -0.05) is 23.7 Å². The van der Waals surface area contributed by atoms with Gasteiger partial charge in [0.2, 0.25) is 0 Å². The van der Waals surface area contributed by atoms with Crippen LogP contribution in [0.3, 0.4) is 0 Å². The highest BCUT2D eigenvalue weighted by Crippen LogP contribution is 2.22. The van der Waals surface area contributed by atoms with Crippen LogP contribution in [0, 0.1) is 0 Å². The highest BCUT2D eigenvalue weighted by atomic mass is 35.5. The van der Waals surface area contributed by atoms with Gasteiger partial charge in [-0.3, -0.25) is 4.98 Å². The van der Waals surface area contributed by atoms with E-state index in [-0.39, 0.29) is 0 Å². The number of thioether (sulfide) groups is 1. The maximum absolute atomic E-state index is 6.08. The van der Waals surface area contributed by atoms with Gasteiger partial charge in [-0.05, 0) is 23.8 Å². The van der Waals surface area contributed by atoms with Crippen molar-refractivity contribution in [3.8, 4) is 0 Å². The van der Waals surface area contributed by atoms with Gasteiger partial charge in [-0.25, -0.2) is 0 Å². The molecule has 5 heteroatoms. The average Bonchev–Trinajstić information content (AvgIpc) is 2.55. The molecular weight excluding hydrogens is 302 g/mol. The van der Waals surface area contributed by atoms with E-state index in [1.807, 2.05) is 17.8 Å². The molecular formula is C16H18ClN3S. The zero-order valence-electron chi connectivity index (χ0n) is 11.8. The van der Waals surface area contributed by atoms with Crippen LogP contribution in [-0.4, -0.2) is 29.6 Å². The summed E-state index contributed by atoms with van der Waals surface area (Å²) >= 11 is 8.12. The molecule has 3 nitrogen and oxygen atoms in total. The van der Waals surface area contributed by atoms with Crippen molar-refractivity contribution in [2.45, 2.75) is 6.54 Å². The SMILES string of the molecule is Clc1cnccc1NCc1ccc(N2CCSCC2)cc1. The molecule has 0 saturated carbocycles. The zero-order chi connectivity index (χ0) is 14.5. The summed E-state index contributed by atoms with van der Waals surface area (Å²) in [5, 5.41) is 3.99. The number of nitrogens with zero attached hydrogens (tertiary/aromatic N) is 2. The lowest BCUT2D eigenvalue weighted by molar-refractivity contribution is 0.858. The molecule has 1 fully saturated rings. The van der Waals surface area contributed by atoms with E-state index >= 15 is 0 Å². The molecule has 0 spiro atoms. The molecule has 1 aliphatic rings. The Morgan fingerprint density at radius 3 is 2.62 bits per heavy atom. The third-order valence-corrected chi connectivity index (χ3v) is 4.81. The number of halogens is 1. The molecule has 1 N–H and O–H groups in total. The smallest absolute Gasteiger partial charge is 0.0820 e. The van der Waals surface area contributed by atoms with Crippen LogP contribution < -0.4 is 10.2 Å². The van der Waals surface area contributed by atoms with Crippen molar-refractivity contribution in [1.82, 2.24) is 4.98 Å². The van der Waals surface area contributed by atoms with Gasteiger partial charge in [0, 0.05) is 49.2 Å². The second-order valence-electron chi connectivity index (χ2n) is 4.97. The van der Waals surface area contributed by atoms with E-state index in [9.17, 15) is 0 Å². The van der Waals surface area contributed by atoms with E-state index in [0.29, 0.717) is 5.02 Å². The molecule has 110 valence electrons. The minimum atomic E-state index is 0.653. The van der Waals surface area contributed by atoms with E-state index in [0.717, 1.165) is 25.3 Å². The van der Waals surface area contributed by atoms with Crippen molar-refractivity contribution in [3.63, 3.8) is 0 Å². The number of rotatable bonds is 4. The van der Waals surface area contributed by atoms with E-state index < -0.39 is 0 Å². The molecule has 0 amide bonds. The van der Waals surface area contributed by atoms with Gasteiger partial charge in [0.15, 0.2) is 0 Å². The Labute approximate surface area is 134 Å². The van der Waals surface area contributed by atoms with E-state index in [1.54, 1.807) is 12.4 Å². The summed E-state index contributed by atoms with van der Waals surface area (Å²) in [7, 11) is 0. The van der Waals surface area contributed by atoms with Crippen LogP contribution in [-0.2, 0) is 6.54 Å². The quantitative estimate of drug-likeness (QED) is 0.925. The highest BCUT2D eigenvalue weighted by molar-refractivity contribution is 7.99. The molecule has 0 radical (unpaired) electrons. The molecule has 3 rings (SSSR count). The second-order valence-corrected chi connectivity index (χ2v) is 6.61. The fourth-order valence-corrected chi connectivity index (χ4v) is 3.45. The van der Waals surface area contributed by atoms with E-state index in [1.165, 1.54) is 22.8 Å². The van der Waals surface area contributed by atoms with Crippen LogP contribution in [0.1, 0.15) is 5.56 Å². The third kappa shape index (κ3) is 3.83. The Balaban J connectivity index is 1.60. The lowest BCUT2D eigenvalue weighted by Crippen LogP contribution is -2.32. The summed E-state index contributed by atoms with van der Waals surface area (Å²) in [5.74, 6) is 2.45. The Morgan fingerprint density at radius 1 is 1.14 bits per heavy atom. The van der Waals surface area contributed by atoms with Crippen molar-refractivity contribution in [2.24, 2.45) is 0 Å². The third-order valence-electron chi connectivity index (χ3n) is 3.57. The summed E-state index contributed by atoms with van der Waals surface area (Å²) in [6.07, 6.45) is 3.40. The van der Waals surface area contributed by atoms with Crippen molar-refractivity contribution in [2.75, 3.05) is 34.8 Å². The number of pyridine rings is 1. The van der Waals surface area contributed by atoms with Gasteiger partial charge in [0.05, 0.1) is 10.7 Å². The number of nitrogens with one attached hydrogen (secondary N) is 1. The molecule has 1 saturated heterocycles. The summed E-state index contributed by atoms with van der Waals surface area (Å²) in [4.78, 5) is 6.44. The van der Waals surface area contributed by atoms with Gasteiger partial charge < -0.3 is 10.2 Å². The summed E-state index contributed by atoms with van der Waals surface area (Å²) in [6.45, 7) is 3.06. The predicted molar refractivity (Wildman–Crippen MR) is 92.6 cm³/mol. The molecule has 0 bridgehead atoms. The standard InChI is InChI=1S/C16H18ClN3S/c17-15-12-18-6-5-16(15)19-11-13-1-3-14(4-2-13)20-7-9-21-10-8-20/h1-6,12H,7-11H2,(H,18,19). The molecule has 21 heavy (non-hydrogen) atoms. The lowest BCUT2D eigenvalue weighted by atomic mass is 10.2. The topological polar surface area (TPSA) is 28.2 Å². The maximum atomic E-state index is 6.08. The highest BCUT2D eigenvalue weighted by Gasteiger charge is 2.10. The predicted octanol–water partition coefficient (Wildman–Crippen LogP) is 3.90. The molecule has 0 aliphatic carbocycles. The van der Waals surface area contributed by atoms with Gasteiger partial charge in [-0.2, -0.15) is 11.8 Å². The number of hydrogen-bond donors (Lipinski definition) is 1.